The van der Waals surface area contributed by atoms with Gasteiger partial charge in [0.05, 0.1) is 12.6 Å². The Hall–Kier alpha value is -1.92. The number of carbonyl (C=O) groups is 2. The molecule has 6 heteroatoms. The summed E-state index contributed by atoms with van der Waals surface area (Å²) in [5, 5.41) is 2.84. The largest absolute Gasteiger partial charge is 0.385 e. The molecule has 0 spiro atoms. The molecular weight excluding hydrogens is 306 g/mol. The molecule has 0 aromatic heterocycles. The van der Waals surface area contributed by atoms with Crippen LogP contribution in [0.25, 0.3) is 0 Å². The molecule has 1 aliphatic rings. The molecule has 1 unspecified atom stereocenters. The highest BCUT2D eigenvalue weighted by molar-refractivity contribution is 5.99. The number of hydrogen-bond acceptors (Lipinski definition) is 4. The molecule has 0 aliphatic carbocycles. The topological polar surface area (TPSA) is 61.9 Å². The summed E-state index contributed by atoms with van der Waals surface area (Å²) in [6.45, 7) is 3.97. The normalized spacial score (nSPS) is 14.6. The summed E-state index contributed by atoms with van der Waals surface area (Å²) in [4.78, 5) is 28.3. The van der Waals surface area contributed by atoms with Gasteiger partial charge in [0.2, 0.25) is 11.8 Å². The summed E-state index contributed by atoms with van der Waals surface area (Å²) >= 11 is 0. The minimum Gasteiger partial charge on any atom is -0.385 e. The van der Waals surface area contributed by atoms with E-state index in [1.165, 1.54) is 5.56 Å². The Balaban J connectivity index is 1.85. The number of fused-ring (bicyclic) bond motifs is 1. The zero-order valence-corrected chi connectivity index (χ0v) is 14.7. The van der Waals surface area contributed by atoms with Crippen molar-refractivity contribution in [2.45, 2.75) is 25.8 Å². The first-order valence-electron chi connectivity index (χ1n) is 8.39. The Bertz CT molecular complexity index is 576. The van der Waals surface area contributed by atoms with E-state index in [1.807, 2.05) is 30.0 Å². The van der Waals surface area contributed by atoms with Gasteiger partial charge in [-0.05, 0) is 38.4 Å². The third-order valence-electron chi connectivity index (χ3n) is 4.41. The number of likely N-dealkylation sites (N-methyl/N-ethyl adjacent to an activating group) is 1. The predicted molar refractivity (Wildman–Crippen MR) is 94.1 cm³/mol. The van der Waals surface area contributed by atoms with Gasteiger partial charge in [0.15, 0.2) is 0 Å². The van der Waals surface area contributed by atoms with Gasteiger partial charge in [-0.2, -0.15) is 0 Å². The first kappa shape index (κ1) is 18.4. The lowest BCUT2D eigenvalue weighted by molar-refractivity contribution is -0.126. The highest BCUT2D eigenvalue weighted by Crippen LogP contribution is 2.28. The van der Waals surface area contributed by atoms with Crippen molar-refractivity contribution in [3.63, 3.8) is 0 Å². The average Bonchev–Trinajstić information content (AvgIpc) is 3.01. The van der Waals surface area contributed by atoms with E-state index < -0.39 is 0 Å². The molecule has 2 rings (SSSR count). The molecule has 1 aromatic rings. The molecule has 1 heterocycles. The van der Waals surface area contributed by atoms with Gasteiger partial charge < -0.3 is 15.0 Å². The second-order valence-corrected chi connectivity index (χ2v) is 6.16. The third-order valence-corrected chi connectivity index (χ3v) is 4.41. The van der Waals surface area contributed by atoms with E-state index in [4.69, 9.17) is 4.74 Å². The summed E-state index contributed by atoms with van der Waals surface area (Å²) < 4.78 is 4.95. The lowest BCUT2D eigenvalue weighted by Gasteiger charge is -2.28. The fraction of sp³-hybridized carbons (Fsp3) is 0.556. The minimum atomic E-state index is -0.346. The van der Waals surface area contributed by atoms with Crippen LogP contribution in [-0.2, 0) is 20.7 Å². The number of amides is 2. The van der Waals surface area contributed by atoms with Crippen LogP contribution in [0.5, 0.6) is 0 Å². The van der Waals surface area contributed by atoms with Crippen molar-refractivity contribution in [3.05, 3.63) is 29.8 Å². The summed E-state index contributed by atoms with van der Waals surface area (Å²) in [5.41, 5.74) is 2.20. The summed E-state index contributed by atoms with van der Waals surface area (Å²) in [6, 6.07) is 7.64. The van der Waals surface area contributed by atoms with E-state index in [1.54, 1.807) is 19.1 Å². The Morgan fingerprint density at radius 2 is 2.12 bits per heavy atom. The fourth-order valence-corrected chi connectivity index (χ4v) is 2.84. The van der Waals surface area contributed by atoms with Gasteiger partial charge in [0.1, 0.15) is 0 Å². The number of benzene rings is 1. The number of anilines is 1. The molecular formula is C18H27N3O3. The highest BCUT2D eigenvalue weighted by Gasteiger charge is 2.30. The van der Waals surface area contributed by atoms with E-state index in [0.29, 0.717) is 19.7 Å². The van der Waals surface area contributed by atoms with Gasteiger partial charge in [-0.25, -0.2) is 0 Å². The number of rotatable bonds is 8. The van der Waals surface area contributed by atoms with Crippen molar-refractivity contribution in [1.82, 2.24) is 10.2 Å². The van der Waals surface area contributed by atoms with E-state index in [0.717, 1.165) is 18.5 Å². The second kappa shape index (κ2) is 8.80. The van der Waals surface area contributed by atoms with Gasteiger partial charge in [-0.3, -0.25) is 14.5 Å². The number of nitrogens with one attached hydrogen (secondary N) is 1. The molecule has 1 aliphatic heterocycles. The van der Waals surface area contributed by atoms with Crippen molar-refractivity contribution < 1.29 is 14.3 Å². The standard InChI is InChI=1S/C18H27N3O3/c1-14(20(2)13-17(22)19-10-6-12-24-3)18(23)21-11-9-15-7-4-5-8-16(15)21/h4-5,7-8,14H,6,9-13H2,1-3H3,(H,19,22). The maximum Gasteiger partial charge on any atom is 0.244 e. The maximum atomic E-state index is 12.8. The van der Waals surface area contributed by atoms with Crippen LogP contribution < -0.4 is 10.2 Å². The van der Waals surface area contributed by atoms with E-state index in [9.17, 15) is 9.59 Å². The fourth-order valence-electron chi connectivity index (χ4n) is 2.84. The molecule has 0 bridgehead atoms. The smallest absolute Gasteiger partial charge is 0.244 e. The molecule has 0 saturated carbocycles. The van der Waals surface area contributed by atoms with Crippen molar-refractivity contribution >= 4 is 17.5 Å². The monoisotopic (exact) mass is 333 g/mol. The molecule has 132 valence electrons. The lowest BCUT2D eigenvalue weighted by Crippen LogP contribution is -2.48. The Labute approximate surface area is 143 Å². The second-order valence-electron chi connectivity index (χ2n) is 6.16. The van der Waals surface area contributed by atoms with Crippen molar-refractivity contribution in [2.75, 3.05) is 45.3 Å². The van der Waals surface area contributed by atoms with Crippen LogP contribution in [0.2, 0.25) is 0 Å². The van der Waals surface area contributed by atoms with Gasteiger partial charge in [-0.1, -0.05) is 18.2 Å². The number of carbonyl (C=O) groups excluding carboxylic acids is 2. The van der Waals surface area contributed by atoms with Crippen LogP contribution in [0.1, 0.15) is 18.9 Å². The molecule has 1 atom stereocenters. The summed E-state index contributed by atoms with van der Waals surface area (Å²) in [5.74, 6) is -0.0373. The minimum absolute atomic E-state index is 0.0367. The SMILES string of the molecule is COCCCNC(=O)CN(C)C(C)C(=O)N1CCc2ccccc21. The predicted octanol–water partition coefficient (Wildman–Crippen LogP) is 1.05. The molecule has 2 amide bonds. The quantitative estimate of drug-likeness (QED) is 0.723. The van der Waals surface area contributed by atoms with Crippen LogP contribution in [-0.4, -0.2) is 63.2 Å². The number of methoxy groups -OCH3 is 1. The molecule has 24 heavy (non-hydrogen) atoms. The van der Waals surface area contributed by atoms with Gasteiger partial charge in [0, 0.05) is 32.5 Å². The van der Waals surface area contributed by atoms with Crippen molar-refractivity contribution in [3.8, 4) is 0 Å². The zero-order valence-electron chi connectivity index (χ0n) is 14.7. The number of para-hydroxylation sites is 1. The zero-order chi connectivity index (χ0) is 17.5. The van der Waals surface area contributed by atoms with Crippen molar-refractivity contribution in [1.29, 1.82) is 0 Å². The summed E-state index contributed by atoms with van der Waals surface area (Å²) in [7, 11) is 3.44. The molecule has 0 radical (unpaired) electrons. The van der Waals surface area contributed by atoms with Crippen LogP contribution >= 0.6 is 0 Å². The number of hydrogen-bond donors (Lipinski definition) is 1. The third kappa shape index (κ3) is 4.55. The van der Waals surface area contributed by atoms with E-state index in [2.05, 4.69) is 11.4 Å². The molecule has 1 aromatic carbocycles. The first-order valence-corrected chi connectivity index (χ1v) is 8.39. The van der Waals surface area contributed by atoms with Gasteiger partial charge >= 0.3 is 0 Å². The van der Waals surface area contributed by atoms with Crippen LogP contribution in [0.3, 0.4) is 0 Å². The Kier molecular flexibility index (Phi) is 6.75. The Morgan fingerprint density at radius 1 is 1.38 bits per heavy atom. The molecule has 0 saturated heterocycles. The molecule has 6 nitrogen and oxygen atoms in total. The van der Waals surface area contributed by atoms with Crippen LogP contribution in [0.4, 0.5) is 5.69 Å². The molecule has 0 fully saturated rings. The average molecular weight is 333 g/mol. The van der Waals surface area contributed by atoms with E-state index in [-0.39, 0.29) is 24.4 Å². The number of ether oxygens (including phenoxy) is 1. The highest BCUT2D eigenvalue weighted by atomic mass is 16.5. The maximum absolute atomic E-state index is 12.8. The Morgan fingerprint density at radius 3 is 2.88 bits per heavy atom. The van der Waals surface area contributed by atoms with Crippen LogP contribution in [0, 0.1) is 0 Å². The van der Waals surface area contributed by atoms with Crippen molar-refractivity contribution in [2.24, 2.45) is 0 Å². The number of nitrogens with zero attached hydrogens (tertiary/aromatic N) is 2. The van der Waals surface area contributed by atoms with E-state index >= 15 is 0 Å². The van der Waals surface area contributed by atoms with Gasteiger partial charge in [-0.15, -0.1) is 0 Å². The first-order chi connectivity index (χ1) is 11.5. The summed E-state index contributed by atoms with van der Waals surface area (Å²) in [6.07, 6.45) is 1.67. The van der Waals surface area contributed by atoms with Gasteiger partial charge in [0.25, 0.3) is 0 Å². The van der Waals surface area contributed by atoms with Crippen LogP contribution in [0.15, 0.2) is 24.3 Å². The molecule has 1 N–H and O–H groups in total. The lowest BCUT2D eigenvalue weighted by atomic mass is 10.2.